The lowest BCUT2D eigenvalue weighted by Gasteiger charge is -2.10. The van der Waals surface area contributed by atoms with Crippen molar-refractivity contribution in [3.8, 4) is 10.6 Å². The number of nitrogens with two attached hydrogens (primary N) is 1. The molecule has 0 fully saturated rings. The number of fused-ring (bicyclic) bond motifs is 1. The molecule has 4 rings (SSSR count). The first-order valence-corrected chi connectivity index (χ1v) is 10.3. The summed E-state index contributed by atoms with van der Waals surface area (Å²) in [6, 6.07) is 11.8. The van der Waals surface area contributed by atoms with Crippen molar-refractivity contribution in [3.63, 3.8) is 0 Å². The fourth-order valence-electron chi connectivity index (χ4n) is 2.65. The van der Waals surface area contributed by atoms with Crippen molar-refractivity contribution in [1.82, 2.24) is 15.2 Å². The Morgan fingerprint density at radius 3 is 2.59 bits per heavy atom. The van der Waals surface area contributed by atoms with E-state index in [-0.39, 0.29) is 17.3 Å². The smallest absolute Gasteiger partial charge is 0.383 e. The van der Waals surface area contributed by atoms with Gasteiger partial charge in [0.05, 0.1) is 20.7 Å². The standard InChI is InChI=1S/C17H12F3N5O2S2/c18-17(19,20)29(26,27)10-5-3-4-9(8-10)22-15-13(14(21)24-25-15)16-23-11-6-1-2-7-12(11)28-16/h1-8H,(H4,21,22,24,25). The lowest BCUT2D eigenvalue weighted by atomic mass is 10.2. The van der Waals surface area contributed by atoms with Gasteiger partial charge in [-0.25, -0.2) is 13.4 Å². The molecule has 0 radical (unpaired) electrons. The number of aromatic amines is 1. The van der Waals surface area contributed by atoms with Crippen LogP contribution in [0.15, 0.2) is 53.4 Å². The van der Waals surface area contributed by atoms with Gasteiger partial charge in [-0.2, -0.15) is 18.3 Å². The van der Waals surface area contributed by atoms with Crippen LogP contribution in [0.3, 0.4) is 0 Å². The number of nitrogen functional groups attached to an aromatic ring is 1. The molecular weight excluding hydrogens is 427 g/mol. The van der Waals surface area contributed by atoms with E-state index in [1.54, 1.807) is 0 Å². The van der Waals surface area contributed by atoms with Crippen molar-refractivity contribution in [3.05, 3.63) is 48.5 Å². The number of sulfone groups is 1. The molecule has 7 nitrogen and oxygen atoms in total. The van der Waals surface area contributed by atoms with E-state index in [2.05, 4.69) is 20.5 Å². The molecule has 2 aromatic carbocycles. The molecule has 0 aliphatic heterocycles. The summed E-state index contributed by atoms with van der Waals surface area (Å²) in [4.78, 5) is 3.63. The first kappa shape index (κ1) is 19.2. The number of anilines is 3. The summed E-state index contributed by atoms with van der Waals surface area (Å²) in [6.45, 7) is 0. The summed E-state index contributed by atoms with van der Waals surface area (Å²) < 4.78 is 62.7. The second-order valence-electron chi connectivity index (χ2n) is 5.95. The monoisotopic (exact) mass is 439 g/mol. The van der Waals surface area contributed by atoms with Crippen LogP contribution < -0.4 is 11.1 Å². The highest BCUT2D eigenvalue weighted by Gasteiger charge is 2.46. The van der Waals surface area contributed by atoms with E-state index >= 15 is 0 Å². The van der Waals surface area contributed by atoms with Crippen LogP contribution in [0.4, 0.5) is 30.5 Å². The zero-order valence-corrected chi connectivity index (χ0v) is 16.0. The summed E-state index contributed by atoms with van der Waals surface area (Å²) in [5, 5.41) is 10.0. The van der Waals surface area contributed by atoms with Gasteiger partial charge in [0.2, 0.25) is 0 Å². The van der Waals surface area contributed by atoms with Crippen molar-refractivity contribution < 1.29 is 21.6 Å². The van der Waals surface area contributed by atoms with E-state index in [4.69, 9.17) is 5.73 Å². The van der Waals surface area contributed by atoms with Gasteiger partial charge in [0.15, 0.2) is 5.82 Å². The first-order valence-electron chi connectivity index (χ1n) is 8.05. The summed E-state index contributed by atoms with van der Waals surface area (Å²) >= 11 is 1.37. The molecule has 0 aliphatic carbocycles. The van der Waals surface area contributed by atoms with Crippen LogP contribution in [-0.2, 0) is 9.84 Å². The number of rotatable bonds is 4. The second-order valence-corrected chi connectivity index (χ2v) is 8.92. The quantitative estimate of drug-likeness (QED) is 0.437. The maximum Gasteiger partial charge on any atom is 0.501 e. The zero-order chi connectivity index (χ0) is 20.8. The number of nitrogens with zero attached hydrogens (tertiary/aromatic N) is 2. The van der Waals surface area contributed by atoms with E-state index in [0.717, 1.165) is 22.3 Å². The molecule has 0 saturated heterocycles. The minimum Gasteiger partial charge on any atom is -0.383 e. The Morgan fingerprint density at radius 2 is 1.86 bits per heavy atom. The number of thiazole rings is 1. The van der Waals surface area contributed by atoms with E-state index < -0.39 is 20.2 Å². The van der Waals surface area contributed by atoms with Gasteiger partial charge in [-0.1, -0.05) is 18.2 Å². The molecule has 0 spiro atoms. The number of aromatic nitrogens is 3. The maximum absolute atomic E-state index is 12.8. The number of H-pyrrole nitrogens is 1. The van der Waals surface area contributed by atoms with Crippen LogP contribution >= 0.6 is 11.3 Å². The van der Waals surface area contributed by atoms with E-state index in [0.29, 0.717) is 10.6 Å². The van der Waals surface area contributed by atoms with Crippen LogP contribution in [0.5, 0.6) is 0 Å². The number of para-hydroxylation sites is 1. The summed E-state index contributed by atoms with van der Waals surface area (Å²) in [7, 11) is -5.47. The van der Waals surface area contributed by atoms with Gasteiger partial charge in [0.25, 0.3) is 9.84 Å². The Kier molecular flexibility index (Phi) is 4.46. The van der Waals surface area contributed by atoms with Crippen LogP contribution in [0.25, 0.3) is 20.8 Å². The predicted molar refractivity (Wildman–Crippen MR) is 105 cm³/mol. The lowest BCUT2D eigenvalue weighted by molar-refractivity contribution is -0.0435. The minimum atomic E-state index is -5.47. The third kappa shape index (κ3) is 3.40. The summed E-state index contributed by atoms with van der Waals surface area (Å²) in [5.41, 5.74) is 1.88. The van der Waals surface area contributed by atoms with Gasteiger partial charge in [0, 0.05) is 5.69 Å². The highest BCUT2D eigenvalue weighted by molar-refractivity contribution is 7.92. The molecule has 0 unspecified atom stereocenters. The van der Waals surface area contributed by atoms with Crippen LogP contribution in [0, 0.1) is 0 Å². The third-order valence-corrected chi connectivity index (χ3v) is 6.55. The molecule has 0 atom stereocenters. The van der Waals surface area contributed by atoms with Crippen molar-refractivity contribution in [2.24, 2.45) is 0 Å². The van der Waals surface area contributed by atoms with Crippen molar-refractivity contribution in [2.45, 2.75) is 10.4 Å². The molecule has 29 heavy (non-hydrogen) atoms. The second kappa shape index (κ2) is 6.74. The lowest BCUT2D eigenvalue weighted by Crippen LogP contribution is -2.23. The van der Waals surface area contributed by atoms with Gasteiger partial charge < -0.3 is 11.1 Å². The summed E-state index contributed by atoms with van der Waals surface area (Å²) in [5.74, 6) is 0.425. The van der Waals surface area contributed by atoms with E-state index in [1.165, 1.54) is 23.5 Å². The maximum atomic E-state index is 12.8. The van der Waals surface area contributed by atoms with Crippen molar-refractivity contribution in [1.29, 1.82) is 0 Å². The van der Waals surface area contributed by atoms with Gasteiger partial charge in [-0.3, -0.25) is 5.10 Å². The Balaban J connectivity index is 1.73. The summed E-state index contributed by atoms with van der Waals surface area (Å²) in [6.07, 6.45) is 0. The zero-order valence-electron chi connectivity index (χ0n) is 14.4. The molecule has 0 saturated carbocycles. The molecule has 150 valence electrons. The molecule has 4 N–H and O–H groups in total. The molecule has 2 heterocycles. The SMILES string of the molecule is Nc1[nH]nc(Nc2cccc(S(=O)(=O)C(F)(F)F)c2)c1-c1nc2ccccc2s1. The van der Waals surface area contributed by atoms with Crippen LogP contribution in [0.2, 0.25) is 0 Å². The number of hydrogen-bond donors (Lipinski definition) is 3. The number of benzene rings is 2. The molecule has 0 aliphatic rings. The normalized spacial score (nSPS) is 12.4. The minimum absolute atomic E-state index is 0.101. The van der Waals surface area contributed by atoms with Gasteiger partial charge >= 0.3 is 5.51 Å². The van der Waals surface area contributed by atoms with Crippen LogP contribution in [0.1, 0.15) is 0 Å². The van der Waals surface area contributed by atoms with Gasteiger partial charge in [-0.05, 0) is 30.3 Å². The molecule has 0 amide bonds. The molecule has 12 heteroatoms. The highest BCUT2D eigenvalue weighted by atomic mass is 32.2. The average Bonchev–Trinajstić information content (AvgIpc) is 3.24. The Labute approximate surface area is 166 Å². The first-order chi connectivity index (χ1) is 13.7. The largest absolute Gasteiger partial charge is 0.501 e. The molecule has 0 bridgehead atoms. The van der Waals surface area contributed by atoms with Crippen LogP contribution in [-0.4, -0.2) is 29.1 Å². The fraction of sp³-hybridized carbons (Fsp3) is 0.0588. The third-order valence-electron chi connectivity index (χ3n) is 4.01. The molecule has 4 aromatic rings. The number of alkyl halides is 3. The number of nitrogens with one attached hydrogen (secondary N) is 2. The molecule has 2 aromatic heterocycles. The van der Waals surface area contributed by atoms with E-state index in [1.807, 2.05) is 24.3 Å². The van der Waals surface area contributed by atoms with Gasteiger partial charge in [0.1, 0.15) is 10.8 Å². The fourth-order valence-corrected chi connectivity index (χ4v) is 4.49. The predicted octanol–water partition coefficient (Wildman–Crippen LogP) is 4.31. The highest BCUT2D eigenvalue weighted by Crippen LogP contribution is 2.38. The average molecular weight is 439 g/mol. The van der Waals surface area contributed by atoms with Crippen molar-refractivity contribution >= 4 is 48.7 Å². The number of halogens is 3. The Bertz CT molecular complexity index is 1280. The van der Waals surface area contributed by atoms with Gasteiger partial charge in [-0.15, -0.1) is 11.3 Å². The topological polar surface area (TPSA) is 114 Å². The Morgan fingerprint density at radius 1 is 1.10 bits per heavy atom. The molecular formula is C17H12F3N5O2S2. The van der Waals surface area contributed by atoms with E-state index in [9.17, 15) is 21.6 Å². The number of hydrogen-bond acceptors (Lipinski definition) is 7. The Hall–Kier alpha value is -3.12. The van der Waals surface area contributed by atoms with Crippen molar-refractivity contribution in [2.75, 3.05) is 11.1 Å².